The lowest BCUT2D eigenvalue weighted by Crippen LogP contribution is -2.50. The van der Waals surface area contributed by atoms with Gasteiger partial charge in [0, 0.05) is 30.9 Å². The van der Waals surface area contributed by atoms with Gasteiger partial charge in [-0.2, -0.15) is 0 Å². The normalized spacial score (nSPS) is 17.5. The number of nitrogens with zero attached hydrogens (tertiary/aromatic N) is 2. The van der Waals surface area contributed by atoms with E-state index in [4.69, 9.17) is 4.74 Å². The number of ether oxygens (including phenoxy) is 1. The summed E-state index contributed by atoms with van der Waals surface area (Å²) < 4.78 is 6.36. The summed E-state index contributed by atoms with van der Waals surface area (Å²) in [5.74, 6) is -0.294. The quantitative estimate of drug-likeness (QED) is 0.393. The molecule has 0 spiro atoms. The van der Waals surface area contributed by atoms with Crippen LogP contribution in [-0.4, -0.2) is 71.6 Å². The minimum atomic E-state index is -0.440. The Morgan fingerprint density at radius 2 is 1.70 bits per heavy atom. The van der Waals surface area contributed by atoms with Gasteiger partial charge in [0.05, 0.1) is 31.2 Å². The molecule has 9 heteroatoms. The Labute approximate surface area is 234 Å². The number of nitrogens with one attached hydrogen (secondary N) is 2. The fraction of sp³-hybridized carbons (Fsp3) is 0.323. The first-order valence-corrected chi connectivity index (χ1v) is 13.4. The second kappa shape index (κ2) is 13.1. The van der Waals surface area contributed by atoms with E-state index in [0.29, 0.717) is 23.7 Å². The summed E-state index contributed by atoms with van der Waals surface area (Å²) in [6, 6.07) is 22.9. The van der Waals surface area contributed by atoms with Crippen molar-refractivity contribution in [1.82, 2.24) is 9.80 Å². The number of aliphatic hydroxyl groups excluding tert-OH is 1. The number of para-hydroxylation sites is 1. The summed E-state index contributed by atoms with van der Waals surface area (Å²) in [6.45, 7) is 4.13. The van der Waals surface area contributed by atoms with Crippen LogP contribution in [0.3, 0.4) is 0 Å². The van der Waals surface area contributed by atoms with Crippen molar-refractivity contribution >= 4 is 29.2 Å². The van der Waals surface area contributed by atoms with Gasteiger partial charge >= 0.3 is 6.03 Å². The lowest BCUT2D eigenvalue weighted by atomic mass is 9.99. The number of urea groups is 1. The Balaban J connectivity index is 1.55. The van der Waals surface area contributed by atoms with Crippen LogP contribution in [-0.2, 0) is 11.2 Å². The van der Waals surface area contributed by atoms with Crippen LogP contribution in [0.4, 0.5) is 16.2 Å². The maximum absolute atomic E-state index is 13.7. The zero-order valence-corrected chi connectivity index (χ0v) is 23.0. The van der Waals surface area contributed by atoms with Gasteiger partial charge in [0.25, 0.3) is 5.91 Å². The Hall–Kier alpha value is -4.37. The van der Waals surface area contributed by atoms with Crippen molar-refractivity contribution in [2.45, 2.75) is 32.4 Å². The molecule has 3 atom stereocenters. The molecule has 0 aliphatic carbocycles. The lowest BCUT2D eigenvalue weighted by molar-refractivity contribution is -0.115. The second-order valence-corrected chi connectivity index (χ2v) is 10.2. The number of hydrogen-bond acceptors (Lipinski definition) is 5. The molecule has 1 aliphatic heterocycles. The number of likely N-dealkylation sites (N-methyl/N-ethyl adjacent to an activating group) is 1. The molecule has 0 saturated heterocycles. The van der Waals surface area contributed by atoms with Gasteiger partial charge in [-0.15, -0.1) is 0 Å². The molecule has 3 aromatic carbocycles. The van der Waals surface area contributed by atoms with Gasteiger partial charge in [0.2, 0.25) is 5.91 Å². The number of carbonyl (C=O) groups excluding carboxylic acids is 3. The average Bonchev–Trinajstić information content (AvgIpc) is 2.95. The standard InChI is InChI=1S/C31H36N4O5/c1-21-18-35(22(2)20-36)30(38)26-17-25(32-29(37)16-23-10-6-4-7-11-23)14-15-27(26)40-28(21)19-34(3)31(39)33-24-12-8-5-9-13-24/h4-15,17,21-22,28,36H,16,18-20H2,1-3H3,(H,32,37)(H,33,39)/t21-,22+,28+/m0/s1. The molecule has 0 fully saturated rings. The Morgan fingerprint density at radius 3 is 2.38 bits per heavy atom. The van der Waals surface area contributed by atoms with Crippen molar-refractivity contribution in [3.8, 4) is 5.75 Å². The summed E-state index contributed by atoms with van der Waals surface area (Å²) in [7, 11) is 1.69. The average molecular weight is 545 g/mol. The van der Waals surface area contributed by atoms with Crippen LogP contribution in [0.2, 0.25) is 0 Å². The molecule has 210 valence electrons. The molecule has 3 aromatic rings. The first-order chi connectivity index (χ1) is 19.2. The van der Waals surface area contributed by atoms with Crippen LogP contribution in [0.1, 0.15) is 29.8 Å². The molecule has 0 radical (unpaired) electrons. The van der Waals surface area contributed by atoms with Crippen LogP contribution < -0.4 is 15.4 Å². The number of fused-ring (bicyclic) bond motifs is 1. The molecule has 0 bridgehead atoms. The fourth-order valence-electron chi connectivity index (χ4n) is 4.60. The first kappa shape index (κ1) is 28.6. The molecule has 9 nitrogen and oxygen atoms in total. The van der Waals surface area contributed by atoms with Crippen molar-refractivity contribution < 1.29 is 24.2 Å². The van der Waals surface area contributed by atoms with E-state index in [1.807, 2.05) is 67.6 Å². The molecule has 4 amide bonds. The van der Waals surface area contributed by atoms with E-state index in [0.717, 1.165) is 5.56 Å². The van der Waals surface area contributed by atoms with Gasteiger partial charge in [0.15, 0.2) is 0 Å². The van der Waals surface area contributed by atoms with Gasteiger partial charge in [-0.25, -0.2) is 4.79 Å². The molecule has 4 rings (SSSR count). The van der Waals surface area contributed by atoms with Crippen molar-refractivity contribution in [2.75, 3.05) is 37.4 Å². The molecule has 0 saturated carbocycles. The number of anilines is 2. The SMILES string of the molecule is C[C@H](CO)N1C[C@H](C)[C@@H](CN(C)C(=O)Nc2ccccc2)Oc2ccc(NC(=O)Cc3ccccc3)cc2C1=O. The highest BCUT2D eigenvalue weighted by atomic mass is 16.5. The van der Waals surface area contributed by atoms with E-state index in [1.165, 1.54) is 0 Å². The van der Waals surface area contributed by atoms with E-state index in [9.17, 15) is 19.5 Å². The van der Waals surface area contributed by atoms with Gasteiger partial charge in [-0.3, -0.25) is 9.59 Å². The summed E-state index contributed by atoms with van der Waals surface area (Å²) in [4.78, 5) is 42.4. The summed E-state index contributed by atoms with van der Waals surface area (Å²) in [6.07, 6.45) is -0.238. The molecular formula is C31H36N4O5. The second-order valence-electron chi connectivity index (χ2n) is 10.2. The van der Waals surface area contributed by atoms with E-state index in [-0.39, 0.29) is 48.9 Å². The smallest absolute Gasteiger partial charge is 0.321 e. The van der Waals surface area contributed by atoms with Crippen LogP contribution in [0.15, 0.2) is 78.9 Å². The number of hydrogen-bond donors (Lipinski definition) is 3. The monoisotopic (exact) mass is 544 g/mol. The van der Waals surface area contributed by atoms with Crippen molar-refractivity contribution in [1.29, 1.82) is 0 Å². The minimum absolute atomic E-state index is 0.150. The predicted molar refractivity (Wildman–Crippen MR) is 154 cm³/mol. The molecule has 0 aromatic heterocycles. The van der Waals surface area contributed by atoms with Crippen LogP contribution >= 0.6 is 0 Å². The van der Waals surface area contributed by atoms with Crippen molar-refractivity contribution in [3.05, 3.63) is 90.0 Å². The third-order valence-corrected chi connectivity index (χ3v) is 6.98. The highest BCUT2D eigenvalue weighted by molar-refractivity contribution is 6.00. The summed E-state index contributed by atoms with van der Waals surface area (Å²) in [5.41, 5.74) is 2.32. The highest BCUT2D eigenvalue weighted by Gasteiger charge is 2.34. The number of amides is 4. The Bertz CT molecular complexity index is 1320. The van der Waals surface area contributed by atoms with E-state index in [2.05, 4.69) is 10.6 Å². The zero-order chi connectivity index (χ0) is 28.6. The first-order valence-electron chi connectivity index (χ1n) is 13.4. The van der Waals surface area contributed by atoms with Crippen molar-refractivity contribution in [3.63, 3.8) is 0 Å². The summed E-state index contributed by atoms with van der Waals surface area (Å²) >= 11 is 0. The topological polar surface area (TPSA) is 111 Å². The largest absolute Gasteiger partial charge is 0.487 e. The molecule has 40 heavy (non-hydrogen) atoms. The van der Waals surface area contributed by atoms with E-state index in [1.54, 1.807) is 42.0 Å². The van der Waals surface area contributed by atoms with Crippen LogP contribution in [0.5, 0.6) is 5.75 Å². The van der Waals surface area contributed by atoms with Gasteiger partial charge < -0.3 is 30.3 Å². The lowest BCUT2D eigenvalue weighted by Gasteiger charge is -2.38. The van der Waals surface area contributed by atoms with Crippen molar-refractivity contribution in [2.24, 2.45) is 5.92 Å². The highest BCUT2D eigenvalue weighted by Crippen LogP contribution is 2.31. The van der Waals surface area contributed by atoms with Crippen LogP contribution in [0, 0.1) is 5.92 Å². The molecule has 1 heterocycles. The van der Waals surface area contributed by atoms with Gasteiger partial charge in [-0.1, -0.05) is 55.5 Å². The van der Waals surface area contributed by atoms with Crippen LogP contribution in [0.25, 0.3) is 0 Å². The minimum Gasteiger partial charge on any atom is -0.487 e. The third kappa shape index (κ3) is 7.18. The molecule has 0 unspecified atom stereocenters. The van der Waals surface area contributed by atoms with Gasteiger partial charge in [-0.05, 0) is 42.8 Å². The maximum Gasteiger partial charge on any atom is 0.321 e. The third-order valence-electron chi connectivity index (χ3n) is 6.98. The molecule has 3 N–H and O–H groups in total. The number of benzene rings is 3. The van der Waals surface area contributed by atoms with E-state index >= 15 is 0 Å². The van der Waals surface area contributed by atoms with E-state index < -0.39 is 12.1 Å². The maximum atomic E-state index is 13.7. The number of aliphatic hydroxyl groups is 1. The fourth-order valence-corrected chi connectivity index (χ4v) is 4.60. The Kier molecular flexibility index (Phi) is 9.39. The molecule has 1 aliphatic rings. The van der Waals surface area contributed by atoms with Gasteiger partial charge in [0.1, 0.15) is 11.9 Å². The predicted octanol–water partition coefficient (Wildman–Crippen LogP) is 4.25. The Morgan fingerprint density at radius 1 is 1.02 bits per heavy atom. The number of carbonyl (C=O) groups is 3. The molecular weight excluding hydrogens is 508 g/mol. The number of rotatable bonds is 8. The zero-order valence-electron chi connectivity index (χ0n) is 23.0. The summed E-state index contributed by atoms with van der Waals surface area (Å²) in [5, 5.41) is 15.6.